The Morgan fingerprint density at radius 2 is 0.429 bits per heavy atom. The fraction of sp³-hybridized carbons (Fsp3) is 0.0441. The molecule has 2 nitrogen and oxygen atoms in total. The molecule has 34 rings (SSSR count). The van der Waals surface area contributed by atoms with Crippen LogP contribution in [0.4, 0.5) is 0 Å². The maximum absolute atomic E-state index is 8.12. The Morgan fingerprint density at radius 1 is 0.243 bits per heavy atom. The maximum atomic E-state index is 8.12. The summed E-state index contributed by atoms with van der Waals surface area (Å²) in [6.07, 6.45) is 0. The summed E-state index contributed by atoms with van der Waals surface area (Å²) in [4.78, 5) is 8.12. The number of benzene rings is 19. The lowest BCUT2D eigenvalue weighted by Crippen LogP contribution is -2.54. The van der Waals surface area contributed by atoms with E-state index >= 15 is 0 Å². The van der Waals surface area contributed by atoms with Gasteiger partial charge in [-0.2, -0.15) is 0 Å². The van der Waals surface area contributed by atoms with Crippen LogP contribution < -0.4 is 0 Å². The van der Waals surface area contributed by atoms with E-state index in [4.69, 9.17) is 9.99 Å². The van der Waals surface area contributed by atoms with Crippen LogP contribution >= 0.6 is 0 Å². The van der Waals surface area contributed by atoms with Crippen molar-refractivity contribution in [2.45, 2.75) is 17.9 Å². The van der Waals surface area contributed by atoms with Gasteiger partial charge in [0.05, 0.1) is 0 Å². The first-order valence-corrected chi connectivity index (χ1v) is 25.9. The molecule has 0 fully saturated rings. The predicted octanol–water partition coefficient (Wildman–Crippen LogP) is 18.0. The molecule has 0 saturated heterocycles. The monoisotopic (exact) mass is 853 g/mol. The molecule has 29 aromatic carbocycles. The summed E-state index contributed by atoms with van der Waals surface area (Å²) in [5.74, 6) is 0. The molecule has 2 heteroatoms. The van der Waals surface area contributed by atoms with Gasteiger partial charge in [0, 0.05) is 16.7 Å². The van der Waals surface area contributed by atoms with E-state index in [1.165, 1.54) is 22.3 Å². The molecule has 290 valence electrons. The molecule has 0 amide bonds. The highest BCUT2D eigenvalue weighted by Gasteiger charge is 2.76. The van der Waals surface area contributed by atoms with Gasteiger partial charge in [0.1, 0.15) is 11.1 Å². The van der Waals surface area contributed by atoms with Crippen LogP contribution in [0.15, 0.2) is 29.4 Å². The Hall–Kier alpha value is -8.85. The summed E-state index contributed by atoms with van der Waals surface area (Å²) in [7, 11) is 0. The van der Waals surface area contributed by atoms with Gasteiger partial charge in [-0.1, -0.05) is 35.0 Å². The van der Waals surface area contributed by atoms with Crippen LogP contribution in [0.2, 0.25) is 0 Å². The summed E-state index contributed by atoms with van der Waals surface area (Å²) in [6.45, 7) is 2.24. The van der Waals surface area contributed by atoms with Crippen LogP contribution in [-0.2, 0) is 15.9 Å². The number of nitrogens with zero attached hydrogens (tertiary/aromatic N) is 1. The Balaban J connectivity index is 1.18. The first-order valence-electron chi connectivity index (χ1n) is 25.9. The van der Waals surface area contributed by atoms with Crippen LogP contribution in [0.5, 0.6) is 0 Å². The molecule has 29 aromatic rings. The van der Waals surface area contributed by atoms with Crippen LogP contribution in [0, 0.1) is 6.92 Å². The molecule has 4 aliphatic carbocycles. The third-order valence-corrected chi connectivity index (χ3v) is 25.2. The third-order valence-electron chi connectivity index (χ3n) is 25.2. The molecule has 0 atom stereocenters. The average Bonchev–Trinajstić information content (AvgIpc) is 4.35. The van der Waals surface area contributed by atoms with Gasteiger partial charge in [0.25, 0.3) is 0 Å². The summed E-state index contributed by atoms with van der Waals surface area (Å²) in [5.41, 5.74) is 8.30. The van der Waals surface area contributed by atoms with Gasteiger partial charge in [-0.15, -0.1) is 0 Å². The van der Waals surface area contributed by atoms with Crippen molar-refractivity contribution >= 4 is 297 Å². The summed E-state index contributed by atoms with van der Waals surface area (Å²) < 4.78 is 0. The normalized spacial score (nSPS) is 22.4. The first kappa shape index (κ1) is 25.5. The summed E-state index contributed by atoms with van der Waals surface area (Å²) in [6, 6.07) is 9.49. The molecule has 70 heavy (non-hydrogen) atoms. The second-order valence-corrected chi connectivity index (χ2v) is 25.6. The Bertz CT molecular complexity index is 7270. The Morgan fingerprint density at radius 3 is 0.643 bits per heavy atom. The molecule has 0 aromatic heterocycles. The zero-order valence-corrected chi connectivity index (χ0v) is 35.7. The minimum atomic E-state index is -0.835. The van der Waals surface area contributed by atoms with Gasteiger partial charge in [-0.05, 0) is 309 Å². The van der Waals surface area contributed by atoms with E-state index < -0.39 is 11.0 Å². The van der Waals surface area contributed by atoms with Crippen LogP contribution in [-0.4, -0.2) is 5.71 Å². The predicted molar refractivity (Wildman–Crippen MR) is 293 cm³/mol. The van der Waals surface area contributed by atoms with Crippen LogP contribution in [0.25, 0.3) is 291 Å². The fourth-order valence-electron chi connectivity index (χ4n) is 24.9. The van der Waals surface area contributed by atoms with E-state index in [0.29, 0.717) is 0 Å². The standard InChI is InChI=1S/C68H7NO/c1-6-2-4-7(5-3-6)66-67-62-54-46-36-26-18-10-8-9-12-16-14(10)22-30-24(16)34-28-20(12)21-13(9)17-15-11(8)19(18)27-33-23(15)31-25(17)35-29(21)39-38(28)50-44(34)52-42(30)48(40(46)32(22)26)56(62)58(52)64-60(50)61-51(39)45(35)53-43(31)49-41(33)47(37(27)36)55(54)63(67)57(49)59(53)65(61)68(64,67)70-69-66/h2-5H,1H3. The summed E-state index contributed by atoms with van der Waals surface area (Å²) >= 11 is 0. The highest BCUT2D eigenvalue weighted by Crippen LogP contribution is 2.85. The van der Waals surface area contributed by atoms with Crippen molar-refractivity contribution in [3.05, 3.63) is 57.6 Å². The lowest BCUT2D eigenvalue weighted by atomic mass is 9.52. The summed E-state index contributed by atoms with van der Waals surface area (Å²) in [5, 5.41) is 92.5. The van der Waals surface area contributed by atoms with Gasteiger partial charge in [0.15, 0.2) is 0 Å². The molecule has 5 aliphatic rings. The van der Waals surface area contributed by atoms with Crippen molar-refractivity contribution in [2.24, 2.45) is 5.16 Å². The zero-order valence-electron chi connectivity index (χ0n) is 35.7. The largest absolute Gasteiger partial charge is 0.377 e. The minimum absolute atomic E-state index is 0.659. The van der Waals surface area contributed by atoms with E-state index in [-0.39, 0.29) is 0 Å². The highest BCUT2D eigenvalue weighted by molar-refractivity contribution is 6.82. The number of hydrogen-bond acceptors (Lipinski definition) is 2. The molecule has 0 N–H and O–H groups in total. The first-order chi connectivity index (χ1) is 34.8. The quantitative estimate of drug-likeness (QED) is 0.151. The second-order valence-electron chi connectivity index (χ2n) is 25.6. The number of aryl methyl sites for hydroxylation is 1. The maximum Gasteiger partial charge on any atom is 0.209 e. The van der Waals surface area contributed by atoms with E-state index in [2.05, 4.69) is 31.2 Å². The van der Waals surface area contributed by atoms with Gasteiger partial charge >= 0.3 is 0 Å². The van der Waals surface area contributed by atoms with Crippen molar-refractivity contribution in [1.29, 1.82) is 0 Å². The molecule has 1 aliphatic heterocycles. The molecular weight excluding hydrogens is 847 g/mol. The minimum Gasteiger partial charge on any atom is -0.377 e. The number of rotatable bonds is 1. The Labute approximate surface area is 380 Å². The average molecular weight is 854 g/mol. The van der Waals surface area contributed by atoms with Crippen molar-refractivity contribution in [3.8, 4) is 0 Å². The molecule has 0 bridgehead atoms. The molecule has 1 heterocycles. The molecule has 0 saturated carbocycles. The van der Waals surface area contributed by atoms with Gasteiger partial charge in [-0.3, -0.25) is 0 Å². The second kappa shape index (κ2) is 5.70. The van der Waals surface area contributed by atoms with Gasteiger partial charge < -0.3 is 4.84 Å². The Kier molecular flexibility index (Phi) is 2.08. The van der Waals surface area contributed by atoms with Crippen molar-refractivity contribution in [3.63, 3.8) is 0 Å². The molecule has 2 spiro atoms. The van der Waals surface area contributed by atoms with E-state index in [1.54, 1.807) is 302 Å². The number of oxime groups is 1. The molecule has 0 unspecified atom stereocenters. The fourth-order valence-corrected chi connectivity index (χ4v) is 24.9. The van der Waals surface area contributed by atoms with Crippen LogP contribution in [0.3, 0.4) is 0 Å². The van der Waals surface area contributed by atoms with E-state index in [0.717, 1.165) is 5.71 Å². The number of hydrogen-bond donors (Lipinski definition) is 0. The van der Waals surface area contributed by atoms with E-state index in [1.807, 2.05) is 0 Å². The third kappa shape index (κ3) is 1.31. The lowest BCUT2D eigenvalue weighted by molar-refractivity contribution is -0.0122. The SMILES string of the molecule is Cc1ccc(C2=NOC34c5c6c7c8c9c%10c(c%11c%12c3c3c5c5c%13c6c6c7c7c9c9c%14c%10c%10c%11c%11c%12c%12c3c3c5c5c%13c%13c6c6c7c9c7c9c%14c%10c%10c%11c%11c%12c3c3c5c5c%13c6c7c6c9c%10c%11c3c56)C284)cc1. The van der Waals surface area contributed by atoms with Gasteiger partial charge in [-0.25, -0.2) is 0 Å². The van der Waals surface area contributed by atoms with Crippen LogP contribution in [0.1, 0.15) is 33.4 Å². The van der Waals surface area contributed by atoms with Crippen molar-refractivity contribution in [2.75, 3.05) is 0 Å². The molecular formula is C68H7NO. The van der Waals surface area contributed by atoms with Crippen molar-refractivity contribution in [1.82, 2.24) is 0 Å². The van der Waals surface area contributed by atoms with Gasteiger partial charge in [0.2, 0.25) is 5.60 Å². The zero-order chi connectivity index (χ0) is 41.5. The lowest BCUT2D eigenvalue weighted by Gasteiger charge is -2.47. The van der Waals surface area contributed by atoms with Crippen molar-refractivity contribution < 1.29 is 4.84 Å². The highest BCUT2D eigenvalue weighted by atomic mass is 16.7. The topological polar surface area (TPSA) is 21.6 Å². The van der Waals surface area contributed by atoms with E-state index in [9.17, 15) is 0 Å². The smallest absolute Gasteiger partial charge is 0.209 e. The molecule has 0 radical (unpaired) electrons.